The van der Waals surface area contributed by atoms with E-state index >= 15 is 0 Å². The van der Waals surface area contributed by atoms with Gasteiger partial charge >= 0.3 is 0 Å². The number of rotatable bonds is 4. The fourth-order valence-electron chi connectivity index (χ4n) is 1.41. The fourth-order valence-corrected chi connectivity index (χ4v) is 2.57. The molecule has 0 fully saturated rings. The predicted octanol–water partition coefficient (Wildman–Crippen LogP) is 3.60. The van der Waals surface area contributed by atoms with E-state index in [1.54, 1.807) is 0 Å². The van der Waals surface area contributed by atoms with Gasteiger partial charge in [-0.25, -0.2) is 4.98 Å². The molecule has 16 heavy (non-hydrogen) atoms. The maximum absolute atomic E-state index is 3.44. The highest BCUT2D eigenvalue weighted by molar-refractivity contribution is 9.10. The van der Waals surface area contributed by atoms with Gasteiger partial charge in [0.25, 0.3) is 0 Å². The van der Waals surface area contributed by atoms with Crippen LogP contribution in [-0.2, 0) is 6.42 Å². The topological polar surface area (TPSA) is 14.1 Å². The Hall–Kier alpha value is -0.800. The number of H-pyrrole nitrogens is 1. The van der Waals surface area contributed by atoms with Crippen LogP contribution in [0, 0.1) is 0 Å². The third kappa shape index (κ3) is 3.65. The smallest absolute Gasteiger partial charge is 0.167 e. The standard InChI is InChI=1S/C13H12BrNS/c14-12-1-3-13(4-2-12)16-10-7-11-5-8-15-9-6-11/h1-6,8-9H,7,10H2/p+1. The average molecular weight is 295 g/mol. The van der Waals surface area contributed by atoms with Gasteiger partial charge in [-0.2, -0.15) is 0 Å². The van der Waals surface area contributed by atoms with Gasteiger partial charge in [-0.1, -0.05) is 15.9 Å². The second-order valence-electron chi connectivity index (χ2n) is 3.46. The van der Waals surface area contributed by atoms with Crippen LogP contribution in [0.25, 0.3) is 0 Å². The van der Waals surface area contributed by atoms with Crippen LogP contribution in [0.5, 0.6) is 0 Å². The van der Waals surface area contributed by atoms with Crippen molar-refractivity contribution in [1.82, 2.24) is 0 Å². The SMILES string of the molecule is Brc1ccc(SCCc2cc[nH+]cc2)cc1. The molecule has 0 aliphatic carbocycles. The van der Waals surface area contributed by atoms with E-state index in [-0.39, 0.29) is 0 Å². The molecule has 0 aliphatic heterocycles. The summed E-state index contributed by atoms with van der Waals surface area (Å²) >= 11 is 5.33. The molecule has 0 radical (unpaired) electrons. The molecule has 82 valence electrons. The number of nitrogens with one attached hydrogen (secondary N) is 1. The molecule has 2 aromatic rings. The molecule has 0 atom stereocenters. The molecule has 0 saturated heterocycles. The number of aromatic amines is 1. The fraction of sp³-hybridized carbons (Fsp3) is 0.154. The first-order valence-electron chi connectivity index (χ1n) is 5.18. The largest absolute Gasteiger partial charge is 0.218 e. The molecule has 0 unspecified atom stereocenters. The second kappa shape index (κ2) is 6.06. The molecule has 0 aliphatic rings. The molecule has 0 amide bonds. The molecule has 0 bridgehead atoms. The van der Waals surface area contributed by atoms with E-state index in [1.165, 1.54) is 10.5 Å². The number of hydrogen-bond donors (Lipinski definition) is 0. The number of benzene rings is 1. The second-order valence-corrected chi connectivity index (χ2v) is 5.54. The zero-order chi connectivity index (χ0) is 11.2. The molecule has 2 rings (SSSR count). The molecule has 1 nitrogen and oxygen atoms in total. The van der Waals surface area contributed by atoms with E-state index in [9.17, 15) is 0 Å². The first-order chi connectivity index (χ1) is 7.84. The zero-order valence-corrected chi connectivity index (χ0v) is 11.2. The lowest BCUT2D eigenvalue weighted by molar-refractivity contribution is -0.378. The van der Waals surface area contributed by atoms with Crippen LogP contribution in [0.1, 0.15) is 5.56 Å². The summed E-state index contributed by atoms with van der Waals surface area (Å²) in [6.07, 6.45) is 5.05. The van der Waals surface area contributed by atoms with Crippen LogP contribution in [-0.4, -0.2) is 5.75 Å². The van der Waals surface area contributed by atoms with Gasteiger partial charge in [0, 0.05) is 27.3 Å². The van der Waals surface area contributed by atoms with Gasteiger partial charge in [-0.3, -0.25) is 0 Å². The Morgan fingerprint density at radius 2 is 1.69 bits per heavy atom. The molecule has 1 N–H and O–H groups in total. The van der Waals surface area contributed by atoms with E-state index in [2.05, 4.69) is 57.3 Å². The molecule has 3 heteroatoms. The van der Waals surface area contributed by atoms with Crippen LogP contribution in [0.4, 0.5) is 0 Å². The van der Waals surface area contributed by atoms with Gasteiger partial charge in [0.2, 0.25) is 0 Å². The Balaban J connectivity index is 1.82. The van der Waals surface area contributed by atoms with Crippen molar-refractivity contribution in [3.05, 3.63) is 58.8 Å². The lowest BCUT2D eigenvalue weighted by atomic mass is 10.2. The lowest BCUT2D eigenvalue weighted by Crippen LogP contribution is -1.99. The van der Waals surface area contributed by atoms with Gasteiger partial charge in [-0.05, 0) is 36.2 Å². The van der Waals surface area contributed by atoms with Crippen molar-refractivity contribution in [2.75, 3.05) is 5.75 Å². The normalized spacial score (nSPS) is 10.3. The summed E-state index contributed by atoms with van der Waals surface area (Å²) in [5, 5.41) is 0. The van der Waals surface area contributed by atoms with Crippen molar-refractivity contribution in [1.29, 1.82) is 0 Å². The third-order valence-electron chi connectivity index (χ3n) is 2.26. The Morgan fingerprint density at radius 1 is 1.00 bits per heavy atom. The first kappa shape index (κ1) is 11.7. The van der Waals surface area contributed by atoms with E-state index in [0.29, 0.717) is 0 Å². The van der Waals surface area contributed by atoms with Crippen LogP contribution in [0.15, 0.2) is 58.2 Å². The van der Waals surface area contributed by atoms with Gasteiger partial charge in [0.1, 0.15) is 0 Å². The molecule has 0 saturated carbocycles. The number of pyridine rings is 1. The van der Waals surface area contributed by atoms with Crippen molar-refractivity contribution < 1.29 is 4.98 Å². The minimum Gasteiger partial charge on any atom is -0.218 e. The summed E-state index contributed by atoms with van der Waals surface area (Å²) in [6, 6.07) is 12.7. The molecule has 1 aromatic heterocycles. The summed E-state index contributed by atoms with van der Waals surface area (Å²) in [5.74, 6) is 1.12. The first-order valence-corrected chi connectivity index (χ1v) is 6.96. The third-order valence-corrected chi connectivity index (χ3v) is 3.80. The maximum Gasteiger partial charge on any atom is 0.167 e. The molecule has 1 aromatic carbocycles. The summed E-state index contributed by atoms with van der Waals surface area (Å²) in [4.78, 5) is 4.36. The summed E-state index contributed by atoms with van der Waals surface area (Å²) in [6.45, 7) is 0. The van der Waals surface area contributed by atoms with Gasteiger partial charge < -0.3 is 0 Å². The van der Waals surface area contributed by atoms with Crippen molar-refractivity contribution in [2.45, 2.75) is 11.3 Å². The minimum absolute atomic E-state index is 1.11. The number of hydrogen-bond acceptors (Lipinski definition) is 1. The highest BCUT2D eigenvalue weighted by atomic mass is 79.9. The molecule has 1 heterocycles. The Labute approximate surface area is 108 Å². The zero-order valence-electron chi connectivity index (χ0n) is 8.82. The van der Waals surface area contributed by atoms with Gasteiger partial charge in [-0.15, -0.1) is 11.8 Å². The van der Waals surface area contributed by atoms with E-state index in [1.807, 2.05) is 24.2 Å². The average Bonchev–Trinajstić information content (AvgIpc) is 2.33. The van der Waals surface area contributed by atoms with Gasteiger partial charge in [0.15, 0.2) is 12.4 Å². The van der Waals surface area contributed by atoms with Crippen LogP contribution in [0.3, 0.4) is 0 Å². The summed E-state index contributed by atoms with van der Waals surface area (Å²) in [5.41, 5.74) is 1.38. The van der Waals surface area contributed by atoms with Gasteiger partial charge in [0.05, 0.1) is 0 Å². The highest BCUT2D eigenvalue weighted by Gasteiger charge is 1.96. The number of thioether (sulfide) groups is 1. The maximum atomic E-state index is 3.44. The van der Waals surface area contributed by atoms with E-state index in [0.717, 1.165) is 16.6 Å². The monoisotopic (exact) mass is 294 g/mol. The summed E-state index contributed by atoms with van der Waals surface area (Å²) < 4.78 is 1.13. The number of aromatic nitrogens is 1. The summed E-state index contributed by atoms with van der Waals surface area (Å²) in [7, 11) is 0. The Bertz CT molecular complexity index is 427. The van der Waals surface area contributed by atoms with Crippen molar-refractivity contribution >= 4 is 27.7 Å². The number of halogens is 1. The molecular formula is C13H13BrNS+. The highest BCUT2D eigenvalue weighted by Crippen LogP contribution is 2.21. The number of aryl methyl sites for hydroxylation is 1. The van der Waals surface area contributed by atoms with E-state index < -0.39 is 0 Å². The van der Waals surface area contributed by atoms with Crippen molar-refractivity contribution in [3.8, 4) is 0 Å². The Kier molecular flexibility index (Phi) is 4.43. The van der Waals surface area contributed by atoms with E-state index in [4.69, 9.17) is 0 Å². The van der Waals surface area contributed by atoms with Crippen LogP contribution >= 0.6 is 27.7 Å². The van der Waals surface area contributed by atoms with Crippen molar-refractivity contribution in [3.63, 3.8) is 0 Å². The molecular weight excluding hydrogens is 282 g/mol. The van der Waals surface area contributed by atoms with Crippen LogP contribution in [0.2, 0.25) is 0 Å². The van der Waals surface area contributed by atoms with Crippen LogP contribution < -0.4 is 4.98 Å². The lowest BCUT2D eigenvalue weighted by Gasteiger charge is -2.01. The minimum atomic E-state index is 1.11. The Morgan fingerprint density at radius 3 is 2.38 bits per heavy atom. The van der Waals surface area contributed by atoms with Crippen molar-refractivity contribution in [2.24, 2.45) is 0 Å². The molecule has 0 spiro atoms. The quantitative estimate of drug-likeness (QED) is 0.786. The predicted molar refractivity (Wildman–Crippen MR) is 71.6 cm³/mol.